The first kappa shape index (κ1) is 13.7. The second-order valence-electron chi connectivity index (χ2n) is 5.23. The lowest BCUT2D eigenvalue weighted by Gasteiger charge is -2.04. The van der Waals surface area contributed by atoms with E-state index in [9.17, 15) is 4.79 Å². The smallest absolute Gasteiger partial charge is 0.158 e. The van der Waals surface area contributed by atoms with E-state index in [4.69, 9.17) is 0 Å². The Morgan fingerprint density at radius 2 is 1.71 bits per heavy atom. The Labute approximate surface area is 105 Å². The van der Waals surface area contributed by atoms with Crippen LogP contribution in [0.4, 0.5) is 0 Å². The Morgan fingerprint density at radius 3 is 2.18 bits per heavy atom. The zero-order valence-corrected chi connectivity index (χ0v) is 11.2. The number of ketones is 1. The molecule has 1 aromatic rings. The Kier molecular flexibility index (Phi) is 5.14. The monoisotopic (exact) mass is 230 g/mol. The molecule has 0 aliphatic carbocycles. The van der Waals surface area contributed by atoms with Gasteiger partial charge in [-0.3, -0.25) is 4.79 Å². The molecule has 0 spiro atoms. The fraction of sp³-hybridized carbons (Fsp3) is 0.438. The van der Waals surface area contributed by atoms with Crippen LogP contribution in [-0.2, 0) is 11.2 Å². The molecule has 0 fully saturated rings. The molecule has 17 heavy (non-hydrogen) atoms. The molecule has 0 N–H and O–H groups in total. The van der Waals surface area contributed by atoms with Gasteiger partial charge in [-0.2, -0.15) is 0 Å². The normalized spacial score (nSPS) is 11.6. The number of carbonyl (C=O) groups excluding carboxylic acids is 1. The largest absolute Gasteiger partial charge is 0.295 e. The van der Waals surface area contributed by atoms with Crippen LogP contribution < -0.4 is 0 Å². The molecular weight excluding hydrogens is 208 g/mol. The average Bonchev–Trinajstić information content (AvgIpc) is 2.26. The van der Waals surface area contributed by atoms with E-state index in [0.29, 0.717) is 5.92 Å². The van der Waals surface area contributed by atoms with Gasteiger partial charge < -0.3 is 0 Å². The molecule has 0 bridgehead atoms. The van der Waals surface area contributed by atoms with E-state index in [1.54, 1.807) is 6.08 Å². The van der Waals surface area contributed by atoms with Gasteiger partial charge in [0, 0.05) is 5.92 Å². The van der Waals surface area contributed by atoms with Gasteiger partial charge in [0.2, 0.25) is 0 Å². The average molecular weight is 230 g/mol. The zero-order valence-electron chi connectivity index (χ0n) is 11.2. The SMILES string of the molecule is CC(C)Cc1ccc(/C=C/C(=O)C(C)C)cc1. The number of carbonyl (C=O) groups is 1. The van der Waals surface area contributed by atoms with Crippen LogP contribution in [-0.4, -0.2) is 5.78 Å². The number of rotatable bonds is 5. The zero-order chi connectivity index (χ0) is 12.8. The molecule has 0 radical (unpaired) electrons. The van der Waals surface area contributed by atoms with Crippen molar-refractivity contribution >= 4 is 11.9 Å². The molecule has 1 rings (SSSR count). The van der Waals surface area contributed by atoms with Crippen molar-refractivity contribution in [1.29, 1.82) is 0 Å². The lowest BCUT2D eigenvalue weighted by Crippen LogP contribution is -2.01. The lowest BCUT2D eigenvalue weighted by molar-refractivity contribution is -0.117. The Balaban J connectivity index is 2.65. The van der Waals surface area contributed by atoms with Crippen LogP contribution in [0, 0.1) is 11.8 Å². The second-order valence-corrected chi connectivity index (χ2v) is 5.23. The molecule has 0 amide bonds. The molecule has 0 saturated heterocycles. The highest BCUT2D eigenvalue weighted by atomic mass is 16.1. The van der Waals surface area contributed by atoms with E-state index in [-0.39, 0.29) is 11.7 Å². The standard InChI is InChI=1S/C16H22O/c1-12(2)11-15-7-5-14(6-8-15)9-10-16(17)13(3)4/h5-10,12-13H,11H2,1-4H3/b10-9+. The topological polar surface area (TPSA) is 17.1 Å². The number of hydrogen-bond acceptors (Lipinski definition) is 1. The fourth-order valence-electron chi connectivity index (χ4n) is 1.61. The maximum absolute atomic E-state index is 11.4. The van der Waals surface area contributed by atoms with Crippen LogP contribution in [0.3, 0.4) is 0 Å². The van der Waals surface area contributed by atoms with Crippen LogP contribution in [0.2, 0.25) is 0 Å². The third-order valence-electron chi connectivity index (χ3n) is 2.63. The van der Waals surface area contributed by atoms with E-state index in [1.807, 2.05) is 19.9 Å². The fourth-order valence-corrected chi connectivity index (χ4v) is 1.61. The summed E-state index contributed by atoms with van der Waals surface area (Å²) in [6.45, 7) is 8.26. The van der Waals surface area contributed by atoms with Crippen molar-refractivity contribution in [2.75, 3.05) is 0 Å². The molecule has 0 aliphatic heterocycles. The molecule has 0 aromatic heterocycles. The van der Waals surface area contributed by atoms with Gasteiger partial charge in [-0.1, -0.05) is 58.0 Å². The maximum atomic E-state index is 11.4. The molecule has 1 aromatic carbocycles. The van der Waals surface area contributed by atoms with Gasteiger partial charge in [0.05, 0.1) is 0 Å². The van der Waals surface area contributed by atoms with Crippen molar-refractivity contribution in [2.24, 2.45) is 11.8 Å². The molecular formula is C16H22O. The Hall–Kier alpha value is -1.37. The van der Waals surface area contributed by atoms with Gasteiger partial charge in [0.15, 0.2) is 5.78 Å². The van der Waals surface area contributed by atoms with Gasteiger partial charge in [0.1, 0.15) is 0 Å². The number of hydrogen-bond donors (Lipinski definition) is 0. The van der Waals surface area contributed by atoms with E-state index in [2.05, 4.69) is 38.1 Å². The first-order valence-corrected chi connectivity index (χ1v) is 6.30. The van der Waals surface area contributed by atoms with Crippen LogP contribution in [0.25, 0.3) is 6.08 Å². The summed E-state index contributed by atoms with van der Waals surface area (Å²) >= 11 is 0. The molecule has 0 heterocycles. The van der Waals surface area contributed by atoms with Gasteiger partial charge in [0.25, 0.3) is 0 Å². The van der Waals surface area contributed by atoms with E-state index in [0.717, 1.165) is 12.0 Å². The van der Waals surface area contributed by atoms with Crippen LogP contribution in [0.15, 0.2) is 30.3 Å². The van der Waals surface area contributed by atoms with Crippen molar-refractivity contribution in [3.05, 3.63) is 41.5 Å². The molecule has 0 aliphatic rings. The van der Waals surface area contributed by atoms with E-state index < -0.39 is 0 Å². The van der Waals surface area contributed by atoms with Crippen molar-refractivity contribution in [3.8, 4) is 0 Å². The van der Waals surface area contributed by atoms with Gasteiger partial charge >= 0.3 is 0 Å². The molecule has 0 unspecified atom stereocenters. The highest BCUT2D eigenvalue weighted by molar-refractivity contribution is 5.94. The molecule has 0 saturated carbocycles. The third-order valence-corrected chi connectivity index (χ3v) is 2.63. The minimum Gasteiger partial charge on any atom is -0.295 e. The molecule has 0 atom stereocenters. The van der Waals surface area contributed by atoms with Crippen LogP contribution in [0.5, 0.6) is 0 Å². The number of allylic oxidation sites excluding steroid dienone is 1. The van der Waals surface area contributed by atoms with Crippen LogP contribution in [0.1, 0.15) is 38.8 Å². The lowest BCUT2D eigenvalue weighted by atomic mass is 10.0. The summed E-state index contributed by atoms with van der Waals surface area (Å²) in [5.74, 6) is 0.932. The third kappa shape index (κ3) is 4.99. The number of benzene rings is 1. The summed E-state index contributed by atoms with van der Waals surface area (Å²) < 4.78 is 0. The Bertz CT molecular complexity index is 382. The predicted octanol–water partition coefficient (Wildman–Crippen LogP) is 4.12. The first-order chi connectivity index (χ1) is 7.99. The maximum Gasteiger partial charge on any atom is 0.158 e. The summed E-state index contributed by atoms with van der Waals surface area (Å²) in [6.07, 6.45) is 4.67. The van der Waals surface area contributed by atoms with Crippen molar-refractivity contribution in [3.63, 3.8) is 0 Å². The summed E-state index contributed by atoms with van der Waals surface area (Å²) in [7, 11) is 0. The second kappa shape index (κ2) is 6.39. The van der Waals surface area contributed by atoms with Crippen molar-refractivity contribution in [1.82, 2.24) is 0 Å². The first-order valence-electron chi connectivity index (χ1n) is 6.30. The highest BCUT2D eigenvalue weighted by Crippen LogP contribution is 2.11. The molecule has 1 nitrogen and oxygen atoms in total. The van der Waals surface area contributed by atoms with E-state index >= 15 is 0 Å². The van der Waals surface area contributed by atoms with Gasteiger partial charge in [-0.15, -0.1) is 0 Å². The summed E-state index contributed by atoms with van der Waals surface area (Å²) in [6, 6.07) is 8.42. The summed E-state index contributed by atoms with van der Waals surface area (Å²) in [5, 5.41) is 0. The predicted molar refractivity (Wildman–Crippen MR) is 73.9 cm³/mol. The van der Waals surface area contributed by atoms with Crippen LogP contribution >= 0.6 is 0 Å². The molecule has 92 valence electrons. The Morgan fingerprint density at radius 1 is 1.12 bits per heavy atom. The minimum atomic E-state index is 0.0754. The summed E-state index contributed by atoms with van der Waals surface area (Å²) in [4.78, 5) is 11.4. The van der Waals surface area contributed by atoms with E-state index in [1.165, 1.54) is 5.56 Å². The summed E-state index contributed by atoms with van der Waals surface area (Å²) in [5.41, 5.74) is 2.44. The quantitative estimate of drug-likeness (QED) is 0.695. The van der Waals surface area contributed by atoms with Gasteiger partial charge in [-0.05, 0) is 29.5 Å². The minimum absolute atomic E-state index is 0.0754. The van der Waals surface area contributed by atoms with Crippen molar-refractivity contribution < 1.29 is 4.79 Å². The molecule has 1 heteroatoms. The van der Waals surface area contributed by atoms with Gasteiger partial charge in [-0.25, -0.2) is 0 Å². The highest BCUT2D eigenvalue weighted by Gasteiger charge is 2.01. The van der Waals surface area contributed by atoms with Crippen molar-refractivity contribution in [2.45, 2.75) is 34.1 Å².